The van der Waals surface area contributed by atoms with Gasteiger partial charge in [-0.2, -0.15) is 0 Å². The fourth-order valence-corrected chi connectivity index (χ4v) is 3.45. The molecule has 0 spiro atoms. The average molecular weight is 393 g/mol. The maximum Gasteiger partial charge on any atom is 0.164 e. The Morgan fingerprint density at radius 2 is 1.52 bits per heavy atom. The van der Waals surface area contributed by atoms with Gasteiger partial charge < -0.3 is 19.5 Å². The summed E-state index contributed by atoms with van der Waals surface area (Å²) in [6, 6.07) is 4.45. The van der Waals surface area contributed by atoms with E-state index in [4.69, 9.17) is 14.2 Å². The molecule has 25 heavy (non-hydrogen) atoms. The van der Waals surface area contributed by atoms with E-state index in [1.54, 1.807) is 21.3 Å². The van der Waals surface area contributed by atoms with Crippen molar-refractivity contribution in [1.29, 1.82) is 0 Å². The van der Waals surface area contributed by atoms with Gasteiger partial charge in [-0.1, -0.05) is 12.8 Å². The van der Waals surface area contributed by atoms with Gasteiger partial charge in [0.05, 0.1) is 21.3 Å². The van der Waals surface area contributed by atoms with Gasteiger partial charge in [0.25, 0.3) is 0 Å². The summed E-state index contributed by atoms with van der Waals surface area (Å²) in [5.74, 6) is 3.25. The molecule has 5 nitrogen and oxygen atoms in total. The Balaban J connectivity index is 0.00000156. The zero-order valence-corrected chi connectivity index (χ0v) is 16.9. The van der Waals surface area contributed by atoms with E-state index in [2.05, 4.69) is 16.3 Å². The van der Waals surface area contributed by atoms with Gasteiger partial charge in [0.2, 0.25) is 0 Å². The van der Waals surface area contributed by atoms with Crippen LogP contribution >= 0.6 is 24.8 Å². The molecule has 2 fully saturated rings. The van der Waals surface area contributed by atoms with Crippen LogP contribution in [0.25, 0.3) is 0 Å². The molecule has 0 aromatic heterocycles. The molecule has 3 rings (SSSR count). The summed E-state index contributed by atoms with van der Waals surface area (Å²) in [7, 11) is 5.08. The SMILES string of the molecule is COc1cc(OC)c([C@H](CC2CC2)N2CCNCC2)cc1OC.Cl.Cl. The van der Waals surface area contributed by atoms with Crippen molar-refractivity contribution >= 4 is 24.8 Å². The maximum absolute atomic E-state index is 5.68. The Labute approximate surface area is 163 Å². The molecule has 0 radical (unpaired) electrons. The first-order chi connectivity index (χ1) is 11.3. The monoisotopic (exact) mass is 392 g/mol. The van der Waals surface area contributed by atoms with Crippen LogP contribution in [0, 0.1) is 5.92 Å². The van der Waals surface area contributed by atoms with Crippen molar-refractivity contribution in [1.82, 2.24) is 10.2 Å². The molecule has 2 aliphatic rings. The van der Waals surface area contributed by atoms with Gasteiger partial charge in [0.15, 0.2) is 11.5 Å². The predicted molar refractivity (Wildman–Crippen MR) is 105 cm³/mol. The molecule has 1 saturated heterocycles. The summed E-state index contributed by atoms with van der Waals surface area (Å²) in [6.45, 7) is 4.26. The summed E-state index contributed by atoms with van der Waals surface area (Å²) in [5, 5.41) is 3.44. The van der Waals surface area contributed by atoms with Crippen LogP contribution in [0.1, 0.15) is 30.9 Å². The van der Waals surface area contributed by atoms with E-state index >= 15 is 0 Å². The zero-order chi connectivity index (χ0) is 16.2. The molecule has 1 heterocycles. The van der Waals surface area contributed by atoms with Crippen LogP contribution < -0.4 is 19.5 Å². The second-order valence-electron chi connectivity index (χ2n) is 6.43. The minimum absolute atomic E-state index is 0. The fraction of sp³-hybridized carbons (Fsp3) is 0.667. The van der Waals surface area contributed by atoms with E-state index in [0.29, 0.717) is 6.04 Å². The lowest BCUT2D eigenvalue weighted by Crippen LogP contribution is -2.45. The zero-order valence-electron chi connectivity index (χ0n) is 15.2. The third-order valence-electron chi connectivity index (χ3n) is 4.94. The molecule has 1 aliphatic heterocycles. The first-order valence-electron chi connectivity index (χ1n) is 8.51. The van der Waals surface area contributed by atoms with Crippen LogP contribution in [-0.4, -0.2) is 52.4 Å². The van der Waals surface area contributed by atoms with Crippen molar-refractivity contribution in [3.8, 4) is 17.2 Å². The molecule has 1 N–H and O–H groups in total. The molecular formula is C18H30Cl2N2O3. The van der Waals surface area contributed by atoms with E-state index in [1.165, 1.54) is 24.8 Å². The molecule has 144 valence electrons. The normalized spacial score (nSPS) is 18.5. The lowest BCUT2D eigenvalue weighted by Gasteiger charge is -2.36. The fourth-order valence-electron chi connectivity index (χ4n) is 3.45. The standard InChI is InChI=1S/C18H28N2O3.2ClH/c1-21-16-12-18(23-3)17(22-2)11-14(16)15(10-13-4-5-13)20-8-6-19-7-9-20;;/h11-13,15,19H,4-10H2,1-3H3;2*1H/t15-;;/m0../s1. The van der Waals surface area contributed by atoms with Gasteiger partial charge >= 0.3 is 0 Å². The number of hydrogen-bond acceptors (Lipinski definition) is 5. The van der Waals surface area contributed by atoms with E-state index in [-0.39, 0.29) is 24.8 Å². The van der Waals surface area contributed by atoms with Gasteiger partial charge in [-0.3, -0.25) is 4.90 Å². The highest BCUT2D eigenvalue weighted by Crippen LogP contribution is 2.45. The van der Waals surface area contributed by atoms with Crippen molar-refractivity contribution in [3.63, 3.8) is 0 Å². The van der Waals surface area contributed by atoms with Crippen molar-refractivity contribution in [2.24, 2.45) is 5.92 Å². The van der Waals surface area contributed by atoms with E-state index in [1.807, 2.05) is 6.07 Å². The third kappa shape index (κ3) is 5.30. The number of halogens is 2. The smallest absolute Gasteiger partial charge is 0.164 e. The third-order valence-corrected chi connectivity index (χ3v) is 4.94. The van der Waals surface area contributed by atoms with Gasteiger partial charge in [0, 0.05) is 43.9 Å². The average Bonchev–Trinajstić information content (AvgIpc) is 3.43. The second-order valence-corrected chi connectivity index (χ2v) is 6.43. The van der Waals surface area contributed by atoms with Gasteiger partial charge in [-0.05, 0) is 18.4 Å². The Bertz CT molecular complexity index is 535. The predicted octanol–water partition coefficient (Wildman–Crippen LogP) is 3.30. The van der Waals surface area contributed by atoms with Crippen molar-refractivity contribution in [2.75, 3.05) is 47.5 Å². The highest BCUT2D eigenvalue weighted by Gasteiger charge is 2.32. The van der Waals surface area contributed by atoms with Crippen molar-refractivity contribution in [2.45, 2.75) is 25.3 Å². The molecule has 7 heteroatoms. The summed E-state index contributed by atoms with van der Waals surface area (Å²) < 4.78 is 16.6. The van der Waals surface area contributed by atoms with Crippen LogP contribution in [0.2, 0.25) is 0 Å². The highest BCUT2D eigenvalue weighted by molar-refractivity contribution is 5.85. The van der Waals surface area contributed by atoms with Crippen LogP contribution in [0.15, 0.2) is 12.1 Å². The Morgan fingerprint density at radius 1 is 0.960 bits per heavy atom. The number of ether oxygens (including phenoxy) is 3. The number of methoxy groups -OCH3 is 3. The summed E-state index contributed by atoms with van der Waals surface area (Å²) in [4.78, 5) is 2.58. The van der Waals surface area contributed by atoms with Crippen LogP contribution in [0.4, 0.5) is 0 Å². The number of nitrogens with zero attached hydrogens (tertiary/aromatic N) is 1. The van der Waals surface area contributed by atoms with Gasteiger partial charge in [0.1, 0.15) is 5.75 Å². The number of rotatable bonds is 7. The first kappa shape index (κ1) is 22.2. The molecular weight excluding hydrogens is 363 g/mol. The number of piperazine rings is 1. The van der Waals surface area contributed by atoms with E-state index in [0.717, 1.165) is 49.3 Å². The molecule has 1 atom stereocenters. The summed E-state index contributed by atoms with van der Waals surface area (Å²) in [5.41, 5.74) is 1.22. The second kappa shape index (κ2) is 10.3. The van der Waals surface area contributed by atoms with E-state index in [9.17, 15) is 0 Å². The molecule has 1 aliphatic carbocycles. The maximum atomic E-state index is 5.68. The topological polar surface area (TPSA) is 43.0 Å². The van der Waals surface area contributed by atoms with Crippen LogP contribution in [0.5, 0.6) is 17.2 Å². The quantitative estimate of drug-likeness (QED) is 0.770. The molecule has 1 aromatic carbocycles. The molecule has 1 aromatic rings. The van der Waals surface area contributed by atoms with Crippen LogP contribution in [-0.2, 0) is 0 Å². The van der Waals surface area contributed by atoms with Crippen LogP contribution in [0.3, 0.4) is 0 Å². The summed E-state index contributed by atoms with van der Waals surface area (Å²) >= 11 is 0. The molecule has 0 unspecified atom stereocenters. The first-order valence-corrected chi connectivity index (χ1v) is 8.51. The van der Waals surface area contributed by atoms with E-state index < -0.39 is 0 Å². The lowest BCUT2D eigenvalue weighted by molar-refractivity contribution is 0.157. The number of hydrogen-bond donors (Lipinski definition) is 1. The minimum atomic E-state index is 0. The Morgan fingerprint density at radius 3 is 2.04 bits per heavy atom. The molecule has 0 bridgehead atoms. The molecule has 0 amide bonds. The molecule has 1 saturated carbocycles. The number of benzene rings is 1. The minimum Gasteiger partial charge on any atom is -0.496 e. The van der Waals surface area contributed by atoms with Gasteiger partial charge in [-0.15, -0.1) is 24.8 Å². The highest BCUT2D eigenvalue weighted by atomic mass is 35.5. The summed E-state index contributed by atoms with van der Waals surface area (Å²) in [6.07, 6.45) is 3.92. The number of nitrogens with one attached hydrogen (secondary N) is 1. The Kier molecular flexibility index (Phi) is 9.14. The Hall–Kier alpha value is -0.880. The van der Waals surface area contributed by atoms with Crippen molar-refractivity contribution in [3.05, 3.63) is 17.7 Å². The largest absolute Gasteiger partial charge is 0.496 e. The van der Waals surface area contributed by atoms with Crippen molar-refractivity contribution < 1.29 is 14.2 Å². The lowest BCUT2D eigenvalue weighted by atomic mass is 9.97. The van der Waals surface area contributed by atoms with Gasteiger partial charge in [-0.25, -0.2) is 0 Å².